The van der Waals surface area contributed by atoms with E-state index in [0.29, 0.717) is 19.4 Å². The third-order valence-electron chi connectivity index (χ3n) is 4.12. The van der Waals surface area contributed by atoms with Crippen molar-refractivity contribution < 1.29 is 9.59 Å². The van der Waals surface area contributed by atoms with Gasteiger partial charge in [0.1, 0.15) is 0 Å². The maximum Gasteiger partial charge on any atom is 0.246 e. The van der Waals surface area contributed by atoms with Crippen LogP contribution in [0, 0.1) is 5.92 Å². The first-order valence-corrected chi connectivity index (χ1v) is 6.52. The van der Waals surface area contributed by atoms with Crippen LogP contribution in [-0.4, -0.2) is 23.9 Å². The highest BCUT2D eigenvalue weighted by atomic mass is 16.2. The van der Waals surface area contributed by atoms with Crippen molar-refractivity contribution in [1.82, 2.24) is 10.6 Å². The lowest BCUT2D eigenvalue weighted by atomic mass is 9.64. The monoisotopic (exact) mass is 259 g/mol. The molecule has 1 unspecified atom stereocenters. The minimum absolute atomic E-state index is 0.0156. The van der Waals surface area contributed by atoms with E-state index in [0.717, 1.165) is 5.56 Å². The third-order valence-corrected chi connectivity index (χ3v) is 4.12. The lowest BCUT2D eigenvalue weighted by molar-refractivity contribution is -0.152. The van der Waals surface area contributed by atoms with E-state index >= 15 is 0 Å². The first-order chi connectivity index (χ1) is 9.11. The Morgan fingerprint density at radius 3 is 2.63 bits per heavy atom. The Bertz CT molecular complexity index is 509. The number of nitrogens with two attached hydrogens (primary N) is 1. The van der Waals surface area contributed by atoms with E-state index in [1.807, 2.05) is 30.3 Å². The largest absolute Gasteiger partial charge is 0.323 e. The zero-order valence-corrected chi connectivity index (χ0v) is 10.6. The molecule has 3 fully saturated rings. The number of fused-ring (bicyclic) bond motifs is 2. The number of imide groups is 1. The molecule has 1 aromatic carbocycles. The van der Waals surface area contributed by atoms with Gasteiger partial charge in [0, 0.05) is 18.5 Å². The lowest BCUT2D eigenvalue weighted by Crippen LogP contribution is -2.72. The minimum atomic E-state index is -0.578. The van der Waals surface area contributed by atoms with E-state index in [1.165, 1.54) is 0 Å². The zero-order valence-electron chi connectivity index (χ0n) is 10.6. The lowest BCUT2D eigenvalue weighted by Gasteiger charge is -2.50. The maximum absolute atomic E-state index is 11.9. The molecule has 3 aliphatic rings. The van der Waals surface area contributed by atoms with Gasteiger partial charge < -0.3 is 11.1 Å². The molecule has 5 heteroatoms. The van der Waals surface area contributed by atoms with E-state index in [2.05, 4.69) is 10.6 Å². The molecule has 4 N–H and O–H groups in total. The Balaban J connectivity index is 1.62. The van der Waals surface area contributed by atoms with Crippen molar-refractivity contribution in [2.75, 3.05) is 6.54 Å². The zero-order chi connectivity index (χ0) is 13.5. The van der Waals surface area contributed by atoms with Crippen LogP contribution in [0.2, 0.25) is 0 Å². The Hall–Kier alpha value is -1.72. The second-order valence-electron chi connectivity index (χ2n) is 5.40. The number of piperidine rings is 2. The van der Waals surface area contributed by atoms with E-state index in [-0.39, 0.29) is 23.8 Å². The highest BCUT2D eigenvalue weighted by Gasteiger charge is 2.57. The summed E-state index contributed by atoms with van der Waals surface area (Å²) in [6.45, 7) is 0.526. The summed E-state index contributed by atoms with van der Waals surface area (Å²) >= 11 is 0. The Labute approximate surface area is 111 Å². The van der Waals surface area contributed by atoms with Gasteiger partial charge in [0.25, 0.3) is 0 Å². The second-order valence-corrected chi connectivity index (χ2v) is 5.40. The fraction of sp³-hybridized carbons (Fsp3) is 0.429. The van der Waals surface area contributed by atoms with Gasteiger partial charge in [-0.15, -0.1) is 0 Å². The summed E-state index contributed by atoms with van der Waals surface area (Å²) in [4.78, 5) is 23.2. The van der Waals surface area contributed by atoms with Crippen molar-refractivity contribution in [3.63, 3.8) is 0 Å². The van der Waals surface area contributed by atoms with Crippen molar-refractivity contribution in [1.29, 1.82) is 0 Å². The summed E-state index contributed by atoms with van der Waals surface area (Å²) in [6.07, 6.45) is 1.19. The molecule has 2 heterocycles. The molecule has 2 amide bonds. The molecule has 19 heavy (non-hydrogen) atoms. The van der Waals surface area contributed by atoms with Crippen LogP contribution in [-0.2, 0) is 9.59 Å². The molecular weight excluding hydrogens is 242 g/mol. The molecule has 0 aromatic heterocycles. The van der Waals surface area contributed by atoms with Gasteiger partial charge >= 0.3 is 0 Å². The summed E-state index contributed by atoms with van der Waals surface area (Å²) in [5.74, 6) is -0.362. The van der Waals surface area contributed by atoms with Crippen LogP contribution < -0.4 is 16.4 Å². The number of benzene rings is 1. The number of carbonyl (C=O) groups is 2. The molecule has 1 atom stereocenters. The summed E-state index contributed by atoms with van der Waals surface area (Å²) in [6, 6.07) is 9.62. The summed E-state index contributed by atoms with van der Waals surface area (Å²) < 4.78 is 0. The van der Waals surface area contributed by atoms with Crippen LogP contribution in [0.3, 0.4) is 0 Å². The average molecular weight is 259 g/mol. The smallest absolute Gasteiger partial charge is 0.246 e. The number of carbonyl (C=O) groups excluding carboxylic acids is 2. The van der Waals surface area contributed by atoms with Gasteiger partial charge in [-0.25, -0.2) is 0 Å². The van der Waals surface area contributed by atoms with E-state index in [1.54, 1.807) is 0 Å². The van der Waals surface area contributed by atoms with Gasteiger partial charge in [-0.1, -0.05) is 30.3 Å². The Morgan fingerprint density at radius 2 is 2.00 bits per heavy atom. The minimum Gasteiger partial charge on any atom is -0.323 e. The molecule has 1 saturated carbocycles. The number of rotatable bonds is 4. The predicted octanol–water partition coefficient (Wildman–Crippen LogP) is 0.0812. The number of hydrogen-bond donors (Lipinski definition) is 3. The first-order valence-electron chi connectivity index (χ1n) is 6.52. The molecule has 2 bridgehead atoms. The molecule has 4 rings (SSSR count). The molecule has 1 aromatic rings. The summed E-state index contributed by atoms with van der Waals surface area (Å²) in [7, 11) is 0. The fourth-order valence-corrected chi connectivity index (χ4v) is 2.83. The summed E-state index contributed by atoms with van der Waals surface area (Å²) in [5.41, 5.74) is 6.56. The van der Waals surface area contributed by atoms with Crippen LogP contribution in [0.15, 0.2) is 30.3 Å². The topological polar surface area (TPSA) is 84.2 Å². The molecule has 5 nitrogen and oxygen atoms in total. The third kappa shape index (κ3) is 2.05. The first kappa shape index (κ1) is 12.3. The SMILES string of the molecule is NC(CNC12CC(C1)C(=O)NC2=O)c1ccccc1. The highest BCUT2D eigenvalue weighted by Crippen LogP contribution is 2.41. The molecular formula is C14H17N3O2. The van der Waals surface area contributed by atoms with Crippen LogP contribution in [0.4, 0.5) is 0 Å². The summed E-state index contributed by atoms with van der Waals surface area (Å²) in [5, 5.41) is 5.65. The Kier molecular flexibility index (Phi) is 2.88. The van der Waals surface area contributed by atoms with Crippen LogP contribution in [0.25, 0.3) is 0 Å². The van der Waals surface area contributed by atoms with Crippen molar-refractivity contribution in [2.24, 2.45) is 11.7 Å². The molecule has 0 spiro atoms. The number of amides is 2. The van der Waals surface area contributed by atoms with Crippen LogP contribution >= 0.6 is 0 Å². The standard InChI is InChI=1S/C14H17N3O2/c15-11(9-4-2-1-3-5-9)8-16-14-6-10(7-14)12(18)17-13(14)19/h1-5,10-11,16H,6-8,15H2,(H,17,18,19). The van der Waals surface area contributed by atoms with Gasteiger partial charge in [0.2, 0.25) is 11.8 Å². The van der Waals surface area contributed by atoms with Gasteiger partial charge in [0.05, 0.1) is 5.54 Å². The molecule has 2 aliphatic heterocycles. The molecule has 0 radical (unpaired) electrons. The van der Waals surface area contributed by atoms with Gasteiger partial charge in [-0.3, -0.25) is 14.9 Å². The van der Waals surface area contributed by atoms with Gasteiger partial charge in [0.15, 0.2) is 0 Å². The number of nitrogens with one attached hydrogen (secondary N) is 2. The van der Waals surface area contributed by atoms with Gasteiger partial charge in [-0.2, -0.15) is 0 Å². The fourth-order valence-electron chi connectivity index (χ4n) is 2.83. The molecule has 100 valence electrons. The van der Waals surface area contributed by atoms with E-state index in [9.17, 15) is 9.59 Å². The van der Waals surface area contributed by atoms with Crippen LogP contribution in [0.5, 0.6) is 0 Å². The maximum atomic E-state index is 11.9. The molecule has 2 saturated heterocycles. The van der Waals surface area contributed by atoms with Crippen molar-refractivity contribution in [3.8, 4) is 0 Å². The van der Waals surface area contributed by atoms with E-state index < -0.39 is 5.54 Å². The molecule has 1 aliphatic carbocycles. The highest BCUT2D eigenvalue weighted by molar-refractivity contribution is 6.07. The van der Waals surface area contributed by atoms with Crippen molar-refractivity contribution >= 4 is 11.8 Å². The second kappa shape index (κ2) is 4.43. The van der Waals surface area contributed by atoms with Gasteiger partial charge in [-0.05, 0) is 18.4 Å². The normalized spacial score (nSPS) is 30.5. The quantitative estimate of drug-likeness (QED) is 0.669. The van der Waals surface area contributed by atoms with Crippen LogP contribution in [0.1, 0.15) is 24.4 Å². The predicted molar refractivity (Wildman–Crippen MR) is 70.0 cm³/mol. The van der Waals surface area contributed by atoms with Crippen molar-refractivity contribution in [3.05, 3.63) is 35.9 Å². The Morgan fingerprint density at radius 1 is 1.32 bits per heavy atom. The van der Waals surface area contributed by atoms with Crippen molar-refractivity contribution in [2.45, 2.75) is 24.4 Å². The number of hydrogen-bond acceptors (Lipinski definition) is 4. The van der Waals surface area contributed by atoms with E-state index in [4.69, 9.17) is 5.73 Å². The average Bonchev–Trinajstić information content (AvgIpc) is 2.37.